The molecule has 0 heterocycles. The molecule has 0 aromatic heterocycles. The van der Waals surface area contributed by atoms with Crippen molar-refractivity contribution in [3.05, 3.63) is 65.7 Å². The first-order valence-corrected chi connectivity index (χ1v) is 8.88. The molecule has 2 aromatic rings. The second kappa shape index (κ2) is 10.7. The highest BCUT2D eigenvalue weighted by Crippen LogP contribution is 2.12. The van der Waals surface area contributed by atoms with Crippen molar-refractivity contribution in [2.24, 2.45) is 0 Å². The number of hydrogen-bond donors (Lipinski definition) is 5. The summed E-state index contributed by atoms with van der Waals surface area (Å²) in [6.45, 7) is 1.42. The molecule has 3 amide bonds. The van der Waals surface area contributed by atoms with E-state index in [0.29, 0.717) is 5.56 Å². The quantitative estimate of drug-likeness (QED) is 0.333. The summed E-state index contributed by atoms with van der Waals surface area (Å²) in [6, 6.07) is 13.1. The molecular weight excluding hydrogens is 378 g/mol. The molecule has 0 saturated carbocycles. The highest BCUT2D eigenvalue weighted by Gasteiger charge is 2.25. The van der Waals surface area contributed by atoms with Gasteiger partial charge in [-0.25, -0.2) is 10.3 Å². The van der Waals surface area contributed by atoms with Crippen LogP contribution in [0, 0.1) is 0 Å². The molecule has 9 heteroatoms. The summed E-state index contributed by atoms with van der Waals surface area (Å²) in [4.78, 5) is 36.2. The number of carbonyl (C=O) groups is 3. The third-order valence-corrected chi connectivity index (χ3v) is 4.06. The Labute approximate surface area is 167 Å². The van der Waals surface area contributed by atoms with Crippen LogP contribution in [0.15, 0.2) is 54.6 Å². The summed E-state index contributed by atoms with van der Waals surface area (Å²) < 4.78 is 5.15. The number of benzene rings is 2. The lowest BCUT2D eigenvalue weighted by molar-refractivity contribution is -0.134. The minimum atomic E-state index is -1.04. The Hall–Kier alpha value is -3.59. The van der Waals surface area contributed by atoms with Crippen LogP contribution in [-0.4, -0.2) is 40.3 Å². The van der Waals surface area contributed by atoms with Crippen LogP contribution in [-0.2, 0) is 27.4 Å². The topological polar surface area (TPSA) is 137 Å². The number of amides is 3. The van der Waals surface area contributed by atoms with Crippen LogP contribution < -0.4 is 16.1 Å². The standard InChI is InChI=1S/C20H23N3O6/c1-13(18(25)23-28)21-19(26)17(11-14-7-9-16(24)10-8-14)22-20(27)29-12-15-5-3-2-4-6-15/h2-10,13,17,24,28H,11-12H2,1H3,(H,21,26)(H,22,27)(H,23,25)/t13-,17+/m1/s1. The Balaban J connectivity index is 2.04. The predicted molar refractivity (Wildman–Crippen MR) is 103 cm³/mol. The molecule has 0 radical (unpaired) electrons. The first kappa shape index (κ1) is 21.7. The summed E-state index contributed by atoms with van der Waals surface area (Å²) in [5.41, 5.74) is 2.91. The minimum Gasteiger partial charge on any atom is -0.508 e. The fourth-order valence-corrected chi connectivity index (χ4v) is 2.46. The number of ether oxygens (including phenoxy) is 1. The molecule has 0 aliphatic carbocycles. The molecule has 0 aliphatic rings. The van der Waals surface area contributed by atoms with Crippen molar-refractivity contribution in [2.45, 2.75) is 32.0 Å². The van der Waals surface area contributed by atoms with Gasteiger partial charge in [0, 0.05) is 6.42 Å². The van der Waals surface area contributed by atoms with Crippen LogP contribution in [0.1, 0.15) is 18.1 Å². The largest absolute Gasteiger partial charge is 0.508 e. The lowest BCUT2D eigenvalue weighted by Crippen LogP contribution is -2.53. The predicted octanol–water partition coefficient (Wildman–Crippen LogP) is 1.24. The van der Waals surface area contributed by atoms with E-state index in [2.05, 4.69) is 10.6 Å². The van der Waals surface area contributed by atoms with Gasteiger partial charge in [0.05, 0.1) is 0 Å². The summed E-state index contributed by atoms with van der Waals surface area (Å²) in [5, 5.41) is 23.0. The SMILES string of the molecule is C[C@@H](NC(=O)[C@H](Cc1ccc(O)cc1)NC(=O)OCc1ccccc1)C(=O)NO. The Morgan fingerprint density at radius 3 is 2.21 bits per heavy atom. The van der Waals surface area contributed by atoms with E-state index in [-0.39, 0.29) is 18.8 Å². The van der Waals surface area contributed by atoms with Gasteiger partial charge in [0.1, 0.15) is 24.4 Å². The zero-order valence-electron chi connectivity index (χ0n) is 15.8. The number of aromatic hydroxyl groups is 1. The number of alkyl carbamates (subject to hydrolysis) is 1. The Kier molecular flexibility index (Phi) is 7.99. The van der Waals surface area contributed by atoms with E-state index in [1.807, 2.05) is 18.2 Å². The van der Waals surface area contributed by atoms with Crippen molar-refractivity contribution in [1.29, 1.82) is 0 Å². The maximum absolute atomic E-state index is 12.6. The molecule has 5 N–H and O–H groups in total. The van der Waals surface area contributed by atoms with E-state index in [4.69, 9.17) is 9.94 Å². The highest BCUT2D eigenvalue weighted by atomic mass is 16.5. The molecule has 0 fully saturated rings. The maximum Gasteiger partial charge on any atom is 0.408 e. The molecule has 2 rings (SSSR count). The van der Waals surface area contributed by atoms with Gasteiger partial charge in [-0.2, -0.15) is 0 Å². The van der Waals surface area contributed by atoms with E-state index >= 15 is 0 Å². The molecule has 154 valence electrons. The van der Waals surface area contributed by atoms with Crippen molar-refractivity contribution in [2.75, 3.05) is 0 Å². The van der Waals surface area contributed by atoms with Crippen LogP contribution in [0.3, 0.4) is 0 Å². The van der Waals surface area contributed by atoms with Gasteiger partial charge in [0.15, 0.2) is 0 Å². The molecule has 0 aliphatic heterocycles. The lowest BCUT2D eigenvalue weighted by atomic mass is 10.0. The normalized spacial score (nSPS) is 12.3. The Morgan fingerprint density at radius 2 is 1.59 bits per heavy atom. The fraction of sp³-hybridized carbons (Fsp3) is 0.250. The van der Waals surface area contributed by atoms with Gasteiger partial charge in [-0.1, -0.05) is 42.5 Å². The summed E-state index contributed by atoms with van der Waals surface area (Å²) >= 11 is 0. The van der Waals surface area contributed by atoms with Gasteiger partial charge >= 0.3 is 6.09 Å². The average Bonchev–Trinajstić information content (AvgIpc) is 2.73. The molecule has 29 heavy (non-hydrogen) atoms. The van der Waals surface area contributed by atoms with Crippen molar-refractivity contribution in [3.8, 4) is 5.75 Å². The van der Waals surface area contributed by atoms with Crippen LogP contribution in [0.2, 0.25) is 0 Å². The van der Waals surface area contributed by atoms with Gasteiger partial charge < -0.3 is 20.5 Å². The minimum absolute atomic E-state index is 0.0313. The van der Waals surface area contributed by atoms with Crippen molar-refractivity contribution in [1.82, 2.24) is 16.1 Å². The van der Waals surface area contributed by atoms with E-state index in [0.717, 1.165) is 5.56 Å². The fourth-order valence-electron chi connectivity index (χ4n) is 2.46. The summed E-state index contributed by atoms with van der Waals surface area (Å²) in [6.07, 6.45) is -0.702. The maximum atomic E-state index is 12.6. The third kappa shape index (κ3) is 7.15. The number of carbonyl (C=O) groups excluding carboxylic acids is 3. The molecule has 0 bridgehead atoms. The molecule has 9 nitrogen and oxygen atoms in total. The average molecular weight is 401 g/mol. The van der Waals surface area contributed by atoms with Gasteiger partial charge in [-0.05, 0) is 30.2 Å². The first-order chi connectivity index (χ1) is 13.9. The van der Waals surface area contributed by atoms with Crippen LogP contribution in [0.5, 0.6) is 5.75 Å². The third-order valence-electron chi connectivity index (χ3n) is 4.06. The zero-order chi connectivity index (χ0) is 21.2. The van der Waals surface area contributed by atoms with E-state index in [1.54, 1.807) is 24.3 Å². The Bertz CT molecular complexity index is 826. The number of hydroxylamine groups is 1. The Morgan fingerprint density at radius 1 is 0.931 bits per heavy atom. The van der Waals surface area contributed by atoms with Crippen LogP contribution in [0.25, 0.3) is 0 Å². The van der Waals surface area contributed by atoms with Crippen molar-refractivity contribution < 1.29 is 29.4 Å². The smallest absolute Gasteiger partial charge is 0.408 e. The lowest BCUT2D eigenvalue weighted by Gasteiger charge is -2.20. The zero-order valence-corrected chi connectivity index (χ0v) is 15.8. The second-order valence-corrected chi connectivity index (χ2v) is 6.34. The van der Waals surface area contributed by atoms with Gasteiger partial charge in [0.25, 0.3) is 5.91 Å². The van der Waals surface area contributed by atoms with E-state index < -0.39 is 30.0 Å². The molecule has 2 atom stereocenters. The summed E-state index contributed by atoms with van der Waals surface area (Å²) in [7, 11) is 0. The van der Waals surface area contributed by atoms with Crippen molar-refractivity contribution in [3.63, 3.8) is 0 Å². The molecule has 0 spiro atoms. The first-order valence-electron chi connectivity index (χ1n) is 8.88. The van der Waals surface area contributed by atoms with Gasteiger partial charge in [-0.15, -0.1) is 0 Å². The number of phenols is 1. The number of rotatable bonds is 8. The number of nitrogens with one attached hydrogen (secondary N) is 3. The molecule has 0 unspecified atom stereocenters. The second-order valence-electron chi connectivity index (χ2n) is 6.34. The molecular formula is C20H23N3O6. The molecule has 0 saturated heterocycles. The van der Waals surface area contributed by atoms with Crippen molar-refractivity contribution >= 4 is 17.9 Å². The van der Waals surface area contributed by atoms with Gasteiger partial charge in [0.2, 0.25) is 5.91 Å². The number of hydrogen-bond acceptors (Lipinski definition) is 6. The van der Waals surface area contributed by atoms with E-state index in [1.165, 1.54) is 24.5 Å². The molecule has 2 aromatic carbocycles. The highest BCUT2D eigenvalue weighted by molar-refractivity contribution is 5.90. The van der Waals surface area contributed by atoms with Crippen LogP contribution in [0.4, 0.5) is 4.79 Å². The summed E-state index contributed by atoms with van der Waals surface area (Å²) in [5.74, 6) is -1.36. The van der Waals surface area contributed by atoms with E-state index in [9.17, 15) is 19.5 Å². The van der Waals surface area contributed by atoms with Gasteiger partial charge in [-0.3, -0.25) is 14.8 Å². The monoisotopic (exact) mass is 401 g/mol. The number of phenolic OH excluding ortho intramolecular Hbond substituents is 1. The van der Waals surface area contributed by atoms with Crippen LogP contribution >= 0.6 is 0 Å².